The first-order valence-electron chi connectivity index (χ1n) is 7.96. The van der Waals surface area contributed by atoms with Crippen molar-refractivity contribution in [1.82, 2.24) is 4.31 Å². The largest absolute Gasteiger partial charge is 0.322 e. The Balaban J connectivity index is 2.27. The van der Waals surface area contributed by atoms with E-state index in [0.29, 0.717) is 16.8 Å². The number of carbonyl (C=O) groups is 1. The summed E-state index contributed by atoms with van der Waals surface area (Å²) in [6, 6.07) is 4.36. The van der Waals surface area contributed by atoms with E-state index in [2.05, 4.69) is 0 Å². The van der Waals surface area contributed by atoms with E-state index >= 15 is 0 Å². The maximum atomic E-state index is 14.0. The molecule has 11 heteroatoms. The third-order valence-corrected chi connectivity index (χ3v) is 5.73. The molecule has 0 aliphatic heterocycles. The number of sulfonamides is 1. The summed E-state index contributed by atoms with van der Waals surface area (Å²) in [7, 11) is -4.41. The normalized spacial score (nSPS) is 11.7. The van der Waals surface area contributed by atoms with E-state index in [9.17, 15) is 30.8 Å². The van der Waals surface area contributed by atoms with Crippen molar-refractivity contribution >= 4 is 33.2 Å². The van der Waals surface area contributed by atoms with Crippen LogP contribution >= 0.6 is 11.6 Å². The zero-order valence-corrected chi connectivity index (χ0v) is 16.1. The van der Waals surface area contributed by atoms with E-state index < -0.39 is 56.3 Å². The molecule has 0 fully saturated rings. The molecule has 0 atom stereocenters. The fourth-order valence-electron chi connectivity index (χ4n) is 2.33. The topological polar surface area (TPSA) is 66.5 Å². The molecule has 2 aromatic carbocycles. The quantitative estimate of drug-likeness (QED) is 0.526. The van der Waals surface area contributed by atoms with Gasteiger partial charge in [-0.1, -0.05) is 18.5 Å². The van der Waals surface area contributed by atoms with Gasteiger partial charge in [-0.05, 0) is 36.8 Å². The Morgan fingerprint density at radius 3 is 2.36 bits per heavy atom. The van der Waals surface area contributed by atoms with Gasteiger partial charge in [-0.3, -0.25) is 4.79 Å². The SMILES string of the molecule is CCCN(CC(=O)Nc1ccc(F)c(F)c1F)S(=O)(=O)c1ccc(Cl)cc1F. The van der Waals surface area contributed by atoms with Crippen molar-refractivity contribution in [1.29, 1.82) is 0 Å². The predicted molar refractivity (Wildman–Crippen MR) is 95.4 cm³/mol. The van der Waals surface area contributed by atoms with Gasteiger partial charge in [0, 0.05) is 11.6 Å². The lowest BCUT2D eigenvalue weighted by molar-refractivity contribution is -0.116. The van der Waals surface area contributed by atoms with E-state index in [1.54, 1.807) is 6.92 Å². The van der Waals surface area contributed by atoms with Crippen LogP contribution in [0.2, 0.25) is 5.02 Å². The fraction of sp³-hybridized carbons (Fsp3) is 0.235. The molecule has 0 spiro atoms. The third kappa shape index (κ3) is 4.81. The van der Waals surface area contributed by atoms with Crippen molar-refractivity contribution in [3.05, 3.63) is 58.6 Å². The van der Waals surface area contributed by atoms with Crippen molar-refractivity contribution in [3.8, 4) is 0 Å². The first-order valence-corrected chi connectivity index (χ1v) is 9.78. The molecule has 0 aliphatic carbocycles. The summed E-state index contributed by atoms with van der Waals surface area (Å²) in [4.78, 5) is 11.5. The highest BCUT2D eigenvalue weighted by molar-refractivity contribution is 7.89. The molecule has 1 amide bonds. The van der Waals surface area contributed by atoms with E-state index in [1.165, 1.54) is 6.07 Å². The van der Waals surface area contributed by atoms with Crippen LogP contribution in [0, 0.1) is 23.3 Å². The van der Waals surface area contributed by atoms with Gasteiger partial charge in [0.25, 0.3) is 0 Å². The van der Waals surface area contributed by atoms with Crippen molar-refractivity contribution in [2.75, 3.05) is 18.4 Å². The average Bonchev–Trinajstić information content (AvgIpc) is 2.61. The highest BCUT2D eigenvalue weighted by Crippen LogP contribution is 2.23. The van der Waals surface area contributed by atoms with Gasteiger partial charge in [-0.25, -0.2) is 26.0 Å². The van der Waals surface area contributed by atoms with E-state index in [0.717, 1.165) is 18.2 Å². The number of rotatable bonds is 7. The summed E-state index contributed by atoms with van der Waals surface area (Å²) in [5.41, 5.74) is -0.657. The van der Waals surface area contributed by atoms with Crippen molar-refractivity contribution in [3.63, 3.8) is 0 Å². The summed E-state index contributed by atoms with van der Waals surface area (Å²) in [6.07, 6.45) is 0.293. The second-order valence-electron chi connectivity index (χ2n) is 5.68. The molecule has 5 nitrogen and oxygen atoms in total. The van der Waals surface area contributed by atoms with Gasteiger partial charge in [0.1, 0.15) is 10.7 Å². The van der Waals surface area contributed by atoms with Gasteiger partial charge in [0.15, 0.2) is 17.5 Å². The molecule has 0 bridgehead atoms. The van der Waals surface area contributed by atoms with Gasteiger partial charge in [0.05, 0.1) is 12.2 Å². The van der Waals surface area contributed by atoms with Crippen LogP contribution < -0.4 is 5.32 Å². The smallest absolute Gasteiger partial charge is 0.246 e. The Kier molecular flexibility index (Phi) is 7.02. The monoisotopic (exact) mass is 438 g/mol. The lowest BCUT2D eigenvalue weighted by Crippen LogP contribution is -2.39. The summed E-state index contributed by atoms with van der Waals surface area (Å²) < 4.78 is 80.0. The number of hydrogen-bond acceptors (Lipinski definition) is 3. The van der Waals surface area contributed by atoms with Gasteiger partial charge < -0.3 is 5.32 Å². The van der Waals surface area contributed by atoms with E-state index in [4.69, 9.17) is 11.6 Å². The van der Waals surface area contributed by atoms with Crippen LogP contribution in [0.1, 0.15) is 13.3 Å². The van der Waals surface area contributed by atoms with Crippen molar-refractivity contribution in [2.45, 2.75) is 18.2 Å². The number of hydrogen-bond donors (Lipinski definition) is 1. The number of amides is 1. The van der Waals surface area contributed by atoms with Crippen LogP contribution in [0.15, 0.2) is 35.2 Å². The Labute approximate surface area is 164 Å². The number of nitrogens with zero attached hydrogens (tertiary/aromatic N) is 1. The minimum absolute atomic E-state index is 0.00922. The van der Waals surface area contributed by atoms with Crippen LogP contribution in [-0.2, 0) is 14.8 Å². The summed E-state index contributed by atoms with van der Waals surface area (Å²) in [5.74, 6) is -6.96. The first-order chi connectivity index (χ1) is 13.1. The van der Waals surface area contributed by atoms with Crippen LogP contribution in [0.4, 0.5) is 23.2 Å². The zero-order chi connectivity index (χ0) is 21.1. The van der Waals surface area contributed by atoms with Crippen LogP contribution in [0.3, 0.4) is 0 Å². The van der Waals surface area contributed by atoms with E-state index in [-0.39, 0.29) is 11.6 Å². The fourth-order valence-corrected chi connectivity index (χ4v) is 4.02. The second kappa shape index (κ2) is 8.89. The molecule has 152 valence electrons. The summed E-state index contributed by atoms with van der Waals surface area (Å²) in [6.45, 7) is 0.697. The Morgan fingerprint density at radius 2 is 1.75 bits per heavy atom. The Hall–Kier alpha value is -2.17. The molecule has 0 aliphatic rings. The number of benzene rings is 2. The van der Waals surface area contributed by atoms with Gasteiger partial charge >= 0.3 is 0 Å². The van der Waals surface area contributed by atoms with Gasteiger partial charge in [-0.2, -0.15) is 4.31 Å². The molecule has 0 aromatic heterocycles. The van der Waals surface area contributed by atoms with E-state index in [1.807, 2.05) is 5.32 Å². The molecule has 2 rings (SSSR count). The van der Waals surface area contributed by atoms with Crippen LogP contribution in [0.5, 0.6) is 0 Å². The minimum Gasteiger partial charge on any atom is -0.322 e. The lowest BCUT2D eigenvalue weighted by Gasteiger charge is -2.21. The molecule has 2 aromatic rings. The van der Waals surface area contributed by atoms with Gasteiger partial charge in [0.2, 0.25) is 15.9 Å². The lowest BCUT2D eigenvalue weighted by atomic mass is 10.2. The molecule has 0 heterocycles. The Morgan fingerprint density at radius 1 is 1.07 bits per heavy atom. The number of carbonyl (C=O) groups excluding carboxylic acids is 1. The molecule has 0 saturated carbocycles. The standard InChI is InChI=1S/C17H15ClF4N2O3S/c1-2-7-24(28(26,27)14-6-3-10(18)8-12(14)20)9-15(25)23-13-5-4-11(19)16(21)17(13)22/h3-6,8H,2,7,9H2,1H3,(H,23,25). The Bertz CT molecular complexity index is 1000. The zero-order valence-electron chi connectivity index (χ0n) is 14.5. The third-order valence-electron chi connectivity index (χ3n) is 3.61. The molecule has 0 unspecified atom stereocenters. The maximum Gasteiger partial charge on any atom is 0.246 e. The predicted octanol–water partition coefficient (Wildman–Crippen LogP) is 3.94. The summed E-state index contributed by atoms with van der Waals surface area (Å²) in [5, 5.41) is 1.96. The molecule has 0 radical (unpaired) electrons. The number of nitrogens with one attached hydrogen (secondary N) is 1. The number of anilines is 1. The molecule has 28 heavy (non-hydrogen) atoms. The number of halogens is 5. The molecular formula is C17H15ClF4N2O3S. The van der Waals surface area contributed by atoms with Crippen LogP contribution in [0.25, 0.3) is 0 Å². The minimum atomic E-state index is -4.41. The van der Waals surface area contributed by atoms with Gasteiger partial charge in [-0.15, -0.1) is 0 Å². The second-order valence-corrected chi connectivity index (χ2v) is 8.03. The maximum absolute atomic E-state index is 14.0. The first kappa shape index (κ1) is 22.1. The highest BCUT2D eigenvalue weighted by atomic mass is 35.5. The van der Waals surface area contributed by atoms with Crippen molar-refractivity contribution in [2.24, 2.45) is 0 Å². The molecule has 0 saturated heterocycles. The summed E-state index contributed by atoms with van der Waals surface area (Å²) >= 11 is 5.62. The van der Waals surface area contributed by atoms with Crippen LogP contribution in [-0.4, -0.2) is 31.7 Å². The average molecular weight is 439 g/mol. The highest BCUT2D eigenvalue weighted by Gasteiger charge is 2.29. The van der Waals surface area contributed by atoms with Crippen molar-refractivity contribution < 1.29 is 30.8 Å². The molecule has 1 N–H and O–H groups in total. The molecular weight excluding hydrogens is 424 g/mol.